The first kappa shape index (κ1) is 19.3. The number of hydrogen-bond acceptors (Lipinski definition) is 5. The standard InChI is InChI=1S/C17H20F2N2O3S/c1-23-13-4-2-3-12(9-13)16(22)21-8-7-20-10-14-5-6-15(24-14)11-25-17(18)19/h2-6,9,17,20H,7-8,10-11H2,1H3,(H,21,22). The lowest BCUT2D eigenvalue weighted by atomic mass is 10.2. The van der Waals surface area contributed by atoms with Gasteiger partial charge in [0.25, 0.3) is 11.7 Å². The summed E-state index contributed by atoms with van der Waals surface area (Å²) in [5, 5.41) is 5.92. The van der Waals surface area contributed by atoms with Gasteiger partial charge >= 0.3 is 0 Å². The van der Waals surface area contributed by atoms with Crippen molar-refractivity contribution in [3.8, 4) is 5.75 Å². The van der Waals surface area contributed by atoms with Crippen LogP contribution in [0.4, 0.5) is 8.78 Å². The minimum Gasteiger partial charge on any atom is -0.497 e. The summed E-state index contributed by atoms with van der Waals surface area (Å²) in [7, 11) is 1.55. The Bertz CT molecular complexity index is 679. The van der Waals surface area contributed by atoms with E-state index in [9.17, 15) is 13.6 Å². The zero-order valence-electron chi connectivity index (χ0n) is 13.8. The van der Waals surface area contributed by atoms with Gasteiger partial charge in [-0.05, 0) is 30.3 Å². The lowest BCUT2D eigenvalue weighted by Crippen LogP contribution is -2.31. The molecule has 0 atom stereocenters. The van der Waals surface area contributed by atoms with Crippen LogP contribution in [0.15, 0.2) is 40.8 Å². The fraction of sp³-hybridized carbons (Fsp3) is 0.353. The van der Waals surface area contributed by atoms with Crippen molar-refractivity contribution in [3.63, 3.8) is 0 Å². The molecule has 1 aromatic heterocycles. The number of methoxy groups -OCH3 is 1. The fourth-order valence-corrected chi connectivity index (χ4v) is 2.53. The van der Waals surface area contributed by atoms with Crippen molar-refractivity contribution in [1.29, 1.82) is 0 Å². The molecule has 25 heavy (non-hydrogen) atoms. The van der Waals surface area contributed by atoms with E-state index < -0.39 is 5.76 Å². The predicted molar refractivity (Wildman–Crippen MR) is 93.0 cm³/mol. The average molecular weight is 370 g/mol. The molecule has 0 fully saturated rings. The van der Waals surface area contributed by atoms with E-state index in [1.165, 1.54) is 0 Å². The monoisotopic (exact) mass is 370 g/mol. The Morgan fingerprint density at radius 2 is 2.04 bits per heavy atom. The number of halogens is 2. The van der Waals surface area contributed by atoms with Gasteiger partial charge in [-0.15, -0.1) is 0 Å². The summed E-state index contributed by atoms with van der Waals surface area (Å²) in [5.74, 6) is -0.611. The van der Waals surface area contributed by atoms with E-state index in [-0.39, 0.29) is 11.7 Å². The molecule has 1 amide bonds. The molecule has 136 valence electrons. The fourth-order valence-electron chi connectivity index (χ4n) is 2.08. The van der Waals surface area contributed by atoms with E-state index in [4.69, 9.17) is 9.15 Å². The highest BCUT2D eigenvalue weighted by molar-refractivity contribution is 7.98. The summed E-state index contributed by atoms with van der Waals surface area (Å²) in [5.41, 5.74) is 0.534. The molecule has 1 aromatic carbocycles. The number of furan rings is 1. The summed E-state index contributed by atoms with van der Waals surface area (Å²) < 4.78 is 34.7. The number of carbonyl (C=O) groups is 1. The van der Waals surface area contributed by atoms with Crippen LogP contribution in [0.2, 0.25) is 0 Å². The van der Waals surface area contributed by atoms with Crippen molar-refractivity contribution in [3.05, 3.63) is 53.5 Å². The Morgan fingerprint density at radius 1 is 1.24 bits per heavy atom. The van der Waals surface area contributed by atoms with Gasteiger partial charge in [-0.2, -0.15) is 8.78 Å². The van der Waals surface area contributed by atoms with Gasteiger partial charge in [-0.25, -0.2) is 0 Å². The first-order chi connectivity index (χ1) is 12.1. The van der Waals surface area contributed by atoms with Crippen molar-refractivity contribution in [1.82, 2.24) is 10.6 Å². The van der Waals surface area contributed by atoms with E-state index in [0.717, 1.165) is 0 Å². The molecule has 0 unspecified atom stereocenters. The maximum atomic E-state index is 12.1. The van der Waals surface area contributed by atoms with Gasteiger partial charge in [0.05, 0.1) is 19.4 Å². The summed E-state index contributed by atoms with van der Waals surface area (Å²) in [6.45, 7) is 1.47. The second-order valence-corrected chi connectivity index (χ2v) is 6.08. The molecule has 2 aromatic rings. The van der Waals surface area contributed by atoms with Gasteiger partial charge in [-0.1, -0.05) is 17.8 Å². The van der Waals surface area contributed by atoms with Gasteiger partial charge in [0.2, 0.25) is 0 Å². The van der Waals surface area contributed by atoms with Crippen molar-refractivity contribution >= 4 is 17.7 Å². The maximum absolute atomic E-state index is 12.1. The molecule has 8 heteroatoms. The topological polar surface area (TPSA) is 63.5 Å². The number of alkyl halides is 2. The summed E-state index contributed by atoms with van der Waals surface area (Å²) >= 11 is 0.529. The van der Waals surface area contributed by atoms with Crippen molar-refractivity contribution in [2.24, 2.45) is 0 Å². The molecular weight excluding hydrogens is 350 g/mol. The summed E-state index contributed by atoms with van der Waals surface area (Å²) in [6.07, 6.45) is 0. The number of thioether (sulfide) groups is 1. The molecule has 0 saturated carbocycles. The minimum absolute atomic E-state index is 0.147. The highest BCUT2D eigenvalue weighted by atomic mass is 32.2. The normalized spacial score (nSPS) is 10.9. The van der Waals surface area contributed by atoms with Gasteiger partial charge in [0.1, 0.15) is 17.3 Å². The van der Waals surface area contributed by atoms with Gasteiger partial charge in [-0.3, -0.25) is 4.79 Å². The molecule has 5 nitrogen and oxygen atoms in total. The van der Waals surface area contributed by atoms with Crippen molar-refractivity contribution in [2.75, 3.05) is 20.2 Å². The molecule has 0 aliphatic carbocycles. The quantitative estimate of drug-likeness (QED) is 0.629. The van der Waals surface area contributed by atoms with E-state index in [2.05, 4.69) is 10.6 Å². The van der Waals surface area contributed by atoms with Crippen LogP contribution in [0.1, 0.15) is 21.9 Å². The number of carbonyl (C=O) groups excluding carboxylic acids is 1. The zero-order chi connectivity index (χ0) is 18.1. The Balaban J connectivity index is 1.65. The highest BCUT2D eigenvalue weighted by Crippen LogP contribution is 2.21. The number of benzene rings is 1. The van der Waals surface area contributed by atoms with Gasteiger partial charge in [0, 0.05) is 18.7 Å². The minimum atomic E-state index is -2.40. The largest absolute Gasteiger partial charge is 0.497 e. The van der Waals surface area contributed by atoms with Gasteiger partial charge in [0.15, 0.2) is 0 Å². The average Bonchev–Trinajstić information content (AvgIpc) is 3.07. The summed E-state index contributed by atoms with van der Waals surface area (Å²) in [6, 6.07) is 10.4. The van der Waals surface area contributed by atoms with Crippen molar-refractivity contribution in [2.45, 2.75) is 18.1 Å². The van der Waals surface area contributed by atoms with Crippen molar-refractivity contribution < 1.29 is 22.7 Å². The third-order valence-corrected chi connectivity index (χ3v) is 3.99. The molecule has 2 rings (SSSR count). The summed E-state index contributed by atoms with van der Waals surface area (Å²) in [4.78, 5) is 12.0. The second kappa shape index (κ2) is 10.0. The van der Waals surface area contributed by atoms with Crippen LogP contribution in [-0.4, -0.2) is 31.9 Å². The predicted octanol–water partition coefficient (Wildman–Crippen LogP) is 3.26. The first-order valence-electron chi connectivity index (χ1n) is 7.69. The maximum Gasteiger partial charge on any atom is 0.284 e. The molecule has 0 aliphatic rings. The van der Waals surface area contributed by atoms with E-state index in [1.807, 2.05) is 0 Å². The zero-order valence-corrected chi connectivity index (χ0v) is 14.6. The van der Waals surface area contributed by atoms with Crippen LogP contribution in [0.25, 0.3) is 0 Å². The van der Waals surface area contributed by atoms with Crippen LogP contribution in [0.5, 0.6) is 5.75 Å². The number of ether oxygens (including phenoxy) is 1. The molecule has 0 saturated heterocycles. The Labute approximate surface area is 149 Å². The van der Waals surface area contributed by atoms with Crippen LogP contribution < -0.4 is 15.4 Å². The molecule has 0 spiro atoms. The van der Waals surface area contributed by atoms with Gasteiger partial charge < -0.3 is 19.8 Å². The van der Waals surface area contributed by atoms with Crippen LogP contribution in [0.3, 0.4) is 0 Å². The number of nitrogens with one attached hydrogen (secondary N) is 2. The molecule has 2 N–H and O–H groups in total. The van der Waals surface area contributed by atoms with E-state index in [1.54, 1.807) is 43.5 Å². The lowest BCUT2D eigenvalue weighted by Gasteiger charge is -2.07. The number of hydrogen-bond donors (Lipinski definition) is 2. The number of rotatable bonds is 10. The van der Waals surface area contributed by atoms with E-state index in [0.29, 0.717) is 54.2 Å². The Morgan fingerprint density at radius 3 is 2.80 bits per heavy atom. The smallest absolute Gasteiger partial charge is 0.284 e. The second-order valence-electron chi connectivity index (χ2n) is 5.10. The molecular formula is C17H20F2N2O3S. The SMILES string of the molecule is COc1cccc(C(=O)NCCNCc2ccc(CSC(F)F)o2)c1. The first-order valence-corrected chi connectivity index (χ1v) is 8.73. The molecule has 0 radical (unpaired) electrons. The van der Waals surface area contributed by atoms with E-state index >= 15 is 0 Å². The third-order valence-electron chi connectivity index (χ3n) is 3.29. The highest BCUT2D eigenvalue weighted by Gasteiger charge is 2.08. The lowest BCUT2D eigenvalue weighted by molar-refractivity contribution is 0.0953. The Kier molecular flexibility index (Phi) is 7.75. The van der Waals surface area contributed by atoms with Crippen LogP contribution >= 0.6 is 11.8 Å². The van der Waals surface area contributed by atoms with Crippen LogP contribution in [-0.2, 0) is 12.3 Å². The number of amides is 1. The molecule has 0 aliphatic heterocycles. The van der Waals surface area contributed by atoms with Crippen LogP contribution in [0, 0.1) is 0 Å². The Hall–Kier alpha value is -2.06. The molecule has 0 bridgehead atoms. The molecule has 1 heterocycles. The third kappa shape index (κ3) is 6.75.